The minimum absolute atomic E-state index is 0.258. The predicted molar refractivity (Wildman–Crippen MR) is 122 cm³/mol. The summed E-state index contributed by atoms with van der Waals surface area (Å²) in [6, 6.07) is 16.9. The molecule has 4 nitrogen and oxygen atoms in total. The number of hydrogen-bond donors (Lipinski definition) is 1. The molecule has 0 bridgehead atoms. The summed E-state index contributed by atoms with van der Waals surface area (Å²) in [5, 5.41) is 3.51. The molecule has 150 valence electrons. The van der Waals surface area contributed by atoms with Crippen molar-refractivity contribution < 1.29 is 9.21 Å². The fraction of sp³-hybridized carbons (Fsp3) is 0.261. The number of halogens is 2. The van der Waals surface area contributed by atoms with Crippen molar-refractivity contribution >= 4 is 44.8 Å². The molecule has 1 aromatic heterocycles. The summed E-state index contributed by atoms with van der Waals surface area (Å²) in [6.07, 6.45) is 2.35. The summed E-state index contributed by atoms with van der Waals surface area (Å²) in [7, 11) is 0. The Morgan fingerprint density at radius 3 is 2.52 bits per heavy atom. The first-order valence-electron chi connectivity index (χ1n) is 9.71. The number of hydrogen-bond acceptors (Lipinski definition) is 3. The Balaban J connectivity index is 1.45. The number of carbonyl (C=O) groups is 1. The van der Waals surface area contributed by atoms with Gasteiger partial charge in [-0.15, -0.1) is 0 Å². The zero-order valence-electron chi connectivity index (χ0n) is 16.1. The lowest BCUT2D eigenvalue weighted by molar-refractivity contribution is 0.0997. The lowest BCUT2D eigenvalue weighted by Crippen LogP contribution is -2.32. The Labute approximate surface area is 184 Å². The van der Waals surface area contributed by atoms with Crippen molar-refractivity contribution in [3.8, 4) is 11.3 Å². The van der Waals surface area contributed by atoms with Crippen molar-refractivity contribution in [1.29, 1.82) is 0 Å². The minimum atomic E-state index is -0.302. The number of benzene rings is 2. The molecule has 29 heavy (non-hydrogen) atoms. The molecular formula is C23H22BrClN2O2. The summed E-state index contributed by atoms with van der Waals surface area (Å²) in [5.74, 6) is 1.37. The van der Waals surface area contributed by atoms with E-state index in [0.29, 0.717) is 16.5 Å². The number of nitrogens with one attached hydrogen (secondary N) is 1. The topological polar surface area (TPSA) is 45.5 Å². The van der Waals surface area contributed by atoms with E-state index in [2.05, 4.69) is 33.1 Å². The van der Waals surface area contributed by atoms with Gasteiger partial charge in [-0.25, -0.2) is 0 Å². The number of furan rings is 1. The Morgan fingerprint density at radius 1 is 1.10 bits per heavy atom. The van der Waals surface area contributed by atoms with Gasteiger partial charge in [-0.2, -0.15) is 0 Å². The van der Waals surface area contributed by atoms with Crippen molar-refractivity contribution in [2.24, 2.45) is 5.92 Å². The van der Waals surface area contributed by atoms with Crippen LogP contribution in [0.4, 0.5) is 11.4 Å². The first-order valence-corrected chi connectivity index (χ1v) is 10.9. The van der Waals surface area contributed by atoms with Gasteiger partial charge in [0.25, 0.3) is 5.91 Å². The summed E-state index contributed by atoms with van der Waals surface area (Å²) in [5.41, 5.74) is 2.58. The van der Waals surface area contributed by atoms with Gasteiger partial charge in [0.15, 0.2) is 5.76 Å². The highest BCUT2D eigenvalue weighted by molar-refractivity contribution is 9.10. The van der Waals surface area contributed by atoms with Gasteiger partial charge in [0.1, 0.15) is 5.76 Å². The molecule has 1 saturated heterocycles. The molecule has 1 N–H and O–H groups in total. The number of rotatable bonds is 4. The first kappa shape index (κ1) is 20.0. The predicted octanol–water partition coefficient (Wildman–Crippen LogP) is 6.85. The van der Waals surface area contributed by atoms with E-state index in [-0.39, 0.29) is 11.7 Å². The van der Waals surface area contributed by atoms with E-state index in [1.54, 1.807) is 18.2 Å². The first-order chi connectivity index (χ1) is 14.0. The fourth-order valence-electron chi connectivity index (χ4n) is 3.51. The van der Waals surface area contributed by atoms with E-state index >= 15 is 0 Å². The van der Waals surface area contributed by atoms with Crippen LogP contribution in [0.25, 0.3) is 11.3 Å². The lowest BCUT2D eigenvalue weighted by atomic mass is 9.99. The molecule has 2 heterocycles. The van der Waals surface area contributed by atoms with Crippen LogP contribution in [0.1, 0.15) is 30.3 Å². The third-order valence-corrected chi connectivity index (χ3v) is 6.12. The van der Waals surface area contributed by atoms with Crippen molar-refractivity contribution in [3.05, 3.63) is 69.9 Å². The Bertz CT molecular complexity index is 1010. The second kappa shape index (κ2) is 8.64. The van der Waals surface area contributed by atoms with Gasteiger partial charge in [0.2, 0.25) is 0 Å². The molecule has 1 aliphatic rings. The summed E-state index contributed by atoms with van der Waals surface area (Å²) in [4.78, 5) is 14.9. The van der Waals surface area contributed by atoms with Gasteiger partial charge < -0.3 is 14.6 Å². The third-order valence-electron chi connectivity index (χ3n) is 5.29. The van der Waals surface area contributed by atoms with Gasteiger partial charge in [-0.3, -0.25) is 4.79 Å². The quantitative estimate of drug-likeness (QED) is 0.450. The summed E-state index contributed by atoms with van der Waals surface area (Å²) in [6.45, 7) is 4.31. The second-order valence-electron chi connectivity index (χ2n) is 7.46. The third kappa shape index (κ3) is 4.68. The molecule has 0 radical (unpaired) electrons. The average molecular weight is 474 g/mol. The largest absolute Gasteiger partial charge is 0.451 e. The highest BCUT2D eigenvalue weighted by Crippen LogP contribution is 2.32. The molecule has 0 unspecified atom stereocenters. The number of amides is 1. The zero-order chi connectivity index (χ0) is 20.4. The summed E-state index contributed by atoms with van der Waals surface area (Å²) < 4.78 is 6.73. The van der Waals surface area contributed by atoms with Gasteiger partial charge in [-0.05, 0) is 61.2 Å². The van der Waals surface area contributed by atoms with E-state index in [0.717, 1.165) is 34.7 Å². The van der Waals surface area contributed by atoms with Crippen LogP contribution in [0.2, 0.25) is 5.02 Å². The standard InChI is InChI=1S/C23H22BrClN2O2/c1-15-10-12-27(13-11-15)20-7-6-18(14-19(20)25)26-23(28)22-9-8-21(29-22)16-2-4-17(24)5-3-16/h2-9,14-15H,10-13H2,1H3,(H,26,28). The van der Waals surface area contributed by atoms with Gasteiger partial charge in [-0.1, -0.05) is 46.6 Å². The molecular weight excluding hydrogens is 452 g/mol. The molecule has 0 aliphatic carbocycles. The maximum Gasteiger partial charge on any atom is 0.291 e. The normalized spacial score (nSPS) is 14.8. The van der Waals surface area contributed by atoms with Crippen LogP contribution >= 0.6 is 27.5 Å². The fourth-order valence-corrected chi connectivity index (χ4v) is 4.08. The monoisotopic (exact) mass is 472 g/mol. The Kier molecular flexibility index (Phi) is 5.97. The smallest absolute Gasteiger partial charge is 0.291 e. The van der Waals surface area contributed by atoms with Crippen LogP contribution in [0, 0.1) is 5.92 Å². The van der Waals surface area contributed by atoms with E-state index in [4.69, 9.17) is 16.0 Å². The maximum atomic E-state index is 12.6. The molecule has 4 rings (SSSR count). The van der Waals surface area contributed by atoms with Crippen LogP contribution in [0.3, 0.4) is 0 Å². The van der Waals surface area contributed by atoms with E-state index in [9.17, 15) is 4.79 Å². The molecule has 0 spiro atoms. The molecule has 1 amide bonds. The Morgan fingerprint density at radius 2 is 1.83 bits per heavy atom. The lowest BCUT2D eigenvalue weighted by Gasteiger charge is -2.32. The van der Waals surface area contributed by atoms with Crippen LogP contribution in [0.5, 0.6) is 0 Å². The Hall–Kier alpha value is -2.24. The van der Waals surface area contributed by atoms with Crippen molar-refractivity contribution in [2.45, 2.75) is 19.8 Å². The maximum absolute atomic E-state index is 12.6. The van der Waals surface area contributed by atoms with Gasteiger partial charge >= 0.3 is 0 Å². The van der Waals surface area contributed by atoms with Crippen LogP contribution < -0.4 is 10.2 Å². The van der Waals surface area contributed by atoms with E-state index in [1.165, 1.54) is 12.8 Å². The molecule has 1 aliphatic heterocycles. The number of carbonyl (C=O) groups excluding carboxylic acids is 1. The van der Waals surface area contributed by atoms with Crippen LogP contribution in [0.15, 0.2) is 63.5 Å². The molecule has 0 atom stereocenters. The minimum Gasteiger partial charge on any atom is -0.451 e. The van der Waals surface area contributed by atoms with E-state index < -0.39 is 0 Å². The van der Waals surface area contributed by atoms with Gasteiger partial charge in [0, 0.05) is 28.8 Å². The number of piperidine rings is 1. The average Bonchev–Trinajstić information content (AvgIpc) is 3.20. The molecule has 3 aromatic rings. The molecule has 2 aromatic carbocycles. The van der Waals surface area contributed by atoms with Crippen molar-refractivity contribution in [3.63, 3.8) is 0 Å². The molecule has 0 saturated carbocycles. The molecule has 6 heteroatoms. The van der Waals surface area contributed by atoms with Crippen LogP contribution in [-0.2, 0) is 0 Å². The highest BCUT2D eigenvalue weighted by Gasteiger charge is 2.19. The summed E-state index contributed by atoms with van der Waals surface area (Å²) >= 11 is 9.92. The number of nitrogens with zero attached hydrogens (tertiary/aromatic N) is 1. The van der Waals surface area contributed by atoms with Crippen molar-refractivity contribution in [2.75, 3.05) is 23.3 Å². The zero-order valence-corrected chi connectivity index (χ0v) is 18.5. The van der Waals surface area contributed by atoms with Gasteiger partial charge in [0.05, 0.1) is 10.7 Å². The SMILES string of the molecule is CC1CCN(c2ccc(NC(=O)c3ccc(-c4ccc(Br)cc4)o3)cc2Cl)CC1. The highest BCUT2D eigenvalue weighted by atomic mass is 79.9. The second-order valence-corrected chi connectivity index (χ2v) is 8.78. The number of anilines is 2. The van der Waals surface area contributed by atoms with Crippen LogP contribution in [-0.4, -0.2) is 19.0 Å². The van der Waals surface area contributed by atoms with Crippen molar-refractivity contribution in [1.82, 2.24) is 0 Å². The van der Waals surface area contributed by atoms with E-state index in [1.807, 2.05) is 36.4 Å². The molecule has 1 fully saturated rings.